The van der Waals surface area contributed by atoms with Crippen LogP contribution in [0.4, 0.5) is 0 Å². The zero-order valence-electron chi connectivity index (χ0n) is 16.0. The van der Waals surface area contributed by atoms with Crippen molar-refractivity contribution in [3.05, 3.63) is 65.2 Å². The highest BCUT2D eigenvalue weighted by Gasteiger charge is 2.23. The van der Waals surface area contributed by atoms with Gasteiger partial charge in [0.25, 0.3) is 0 Å². The van der Waals surface area contributed by atoms with Crippen molar-refractivity contribution >= 4 is 28.2 Å². The fraction of sp³-hybridized carbons (Fsp3) is 0.350. The molecule has 0 aliphatic heterocycles. The van der Waals surface area contributed by atoms with E-state index < -0.39 is 15.9 Å². The molecule has 1 amide bonds. The lowest BCUT2D eigenvalue weighted by Gasteiger charge is -2.24. The highest BCUT2D eigenvalue weighted by molar-refractivity contribution is 7.90. The number of benzene rings is 2. The second-order valence-electron chi connectivity index (χ2n) is 6.84. The quantitative estimate of drug-likeness (QED) is 0.765. The van der Waals surface area contributed by atoms with E-state index in [2.05, 4.69) is 5.32 Å². The van der Waals surface area contributed by atoms with Crippen LogP contribution in [0.1, 0.15) is 36.6 Å². The SMILES string of the molecule is Cc1ccc(C(NC(=O)C(C)C(C)N)c2cccc(S(C)(=O)=O)c2)cc1.Cl. The summed E-state index contributed by atoms with van der Waals surface area (Å²) in [4.78, 5) is 12.8. The van der Waals surface area contributed by atoms with E-state index >= 15 is 0 Å². The molecule has 27 heavy (non-hydrogen) atoms. The van der Waals surface area contributed by atoms with Crippen molar-refractivity contribution in [2.45, 2.75) is 37.8 Å². The minimum absolute atomic E-state index is 0. The molecule has 5 nitrogen and oxygen atoms in total. The molecule has 3 unspecified atom stereocenters. The molecule has 0 aliphatic carbocycles. The molecule has 0 radical (unpaired) electrons. The first kappa shape index (κ1) is 23.1. The number of hydrogen-bond donors (Lipinski definition) is 2. The van der Waals surface area contributed by atoms with Crippen LogP contribution in [0.2, 0.25) is 0 Å². The summed E-state index contributed by atoms with van der Waals surface area (Å²) < 4.78 is 23.8. The molecule has 0 aliphatic rings. The summed E-state index contributed by atoms with van der Waals surface area (Å²) >= 11 is 0. The highest BCUT2D eigenvalue weighted by atomic mass is 35.5. The summed E-state index contributed by atoms with van der Waals surface area (Å²) in [5, 5.41) is 3.02. The second-order valence-corrected chi connectivity index (χ2v) is 8.86. The number of hydrogen-bond acceptors (Lipinski definition) is 4. The van der Waals surface area contributed by atoms with Crippen LogP contribution in [0.25, 0.3) is 0 Å². The Morgan fingerprint density at radius 1 is 1.04 bits per heavy atom. The zero-order chi connectivity index (χ0) is 19.5. The van der Waals surface area contributed by atoms with E-state index in [-0.39, 0.29) is 35.2 Å². The van der Waals surface area contributed by atoms with Crippen molar-refractivity contribution < 1.29 is 13.2 Å². The average Bonchev–Trinajstić information content (AvgIpc) is 2.59. The number of rotatable bonds is 6. The fourth-order valence-electron chi connectivity index (χ4n) is 2.56. The second kappa shape index (κ2) is 9.35. The summed E-state index contributed by atoms with van der Waals surface area (Å²) in [6.45, 7) is 5.55. The van der Waals surface area contributed by atoms with Gasteiger partial charge in [0.1, 0.15) is 0 Å². The minimum Gasteiger partial charge on any atom is -0.345 e. The van der Waals surface area contributed by atoms with Gasteiger partial charge in [-0.3, -0.25) is 4.79 Å². The fourth-order valence-corrected chi connectivity index (χ4v) is 3.23. The number of carbonyl (C=O) groups is 1. The van der Waals surface area contributed by atoms with Gasteiger partial charge in [-0.15, -0.1) is 12.4 Å². The molecule has 2 aromatic rings. The maximum Gasteiger partial charge on any atom is 0.225 e. The van der Waals surface area contributed by atoms with E-state index in [1.54, 1.807) is 32.0 Å². The molecular weight excluding hydrogens is 384 g/mol. The van der Waals surface area contributed by atoms with E-state index in [4.69, 9.17) is 5.73 Å². The molecule has 7 heteroatoms. The van der Waals surface area contributed by atoms with Crippen molar-refractivity contribution in [1.29, 1.82) is 0 Å². The van der Waals surface area contributed by atoms with Crippen molar-refractivity contribution in [3.63, 3.8) is 0 Å². The van der Waals surface area contributed by atoms with E-state index in [9.17, 15) is 13.2 Å². The van der Waals surface area contributed by atoms with Gasteiger partial charge < -0.3 is 11.1 Å². The maximum atomic E-state index is 12.6. The molecule has 0 bridgehead atoms. The average molecular weight is 411 g/mol. The maximum absolute atomic E-state index is 12.6. The Morgan fingerprint density at radius 3 is 2.15 bits per heavy atom. The zero-order valence-corrected chi connectivity index (χ0v) is 17.6. The Morgan fingerprint density at radius 2 is 1.63 bits per heavy atom. The van der Waals surface area contributed by atoms with Crippen LogP contribution in [0, 0.1) is 12.8 Å². The molecule has 148 valence electrons. The number of sulfone groups is 1. The number of carbonyl (C=O) groups excluding carboxylic acids is 1. The standard InChI is InChI=1S/C20H26N2O3S.ClH/c1-13-8-10-16(11-9-13)19(22-20(23)14(2)15(3)21)17-6-5-7-18(12-17)26(4,24)25;/h5-12,14-15,19H,21H2,1-4H3,(H,22,23);1H. The van der Waals surface area contributed by atoms with Crippen molar-refractivity contribution in [2.75, 3.05) is 6.26 Å². The van der Waals surface area contributed by atoms with Gasteiger partial charge in [-0.2, -0.15) is 0 Å². The van der Waals surface area contributed by atoms with Gasteiger partial charge >= 0.3 is 0 Å². The molecule has 0 fully saturated rings. The summed E-state index contributed by atoms with van der Waals surface area (Å²) in [6.07, 6.45) is 1.17. The molecule has 0 heterocycles. The van der Waals surface area contributed by atoms with Gasteiger partial charge in [0.2, 0.25) is 5.91 Å². The van der Waals surface area contributed by atoms with Crippen LogP contribution in [0.5, 0.6) is 0 Å². The molecular formula is C20H27ClN2O3S. The third-order valence-electron chi connectivity index (χ3n) is 4.52. The van der Waals surface area contributed by atoms with E-state index in [0.29, 0.717) is 5.56 Å². The first-order chi connectivity index (χ1) is 12.1. The Labute approximate surface area is 167 Å². The number of aryl methyl sites for hydroxylation is 1. The summed E-state index contributed by atoms with van der Waals surface area (Å²) in [7, 11) is -3.34. The normalized spacial score (nSPS) is 14.6. The van der Waals surface area contributed by atoms with E-state index in [1.165, 1.54) is 6.26 Å². The lowest BCUT2D eigenvalue weighted by atomic mass is 9.96. The molecule has 2 rings (SSSR count). The largest absolute Gasteiger partial charge is 0.345 e. The Bertz CT molecular complexity index is 880. The number of nitrogens with one attached hydrogen (secondary N) is 1. The molecule has 0 saturated carbocycles. The lowest BCUT2D eigenvalue weighted by molar-refractivity contribution is -0.125. The smallest absolute Gasteiger partial charge is 0.225 e. The van der Waals surface area contributed by atoms with E-state index in [0.717, 1.165) is 11.1 Å². The van der Waals surface area contributed by atoms with Crippen LogP contribution in [-0.4, -0.2) is 26.6 Å². The van der Waals surface area contributed by atoms with Crippen LogP contribution < -0.4 is 11.1 Å². The van der Waals surface area contributed by atoms with Crippen LogP contribution >= 0.6 is 12.4 Å². The molecule has 0 saturated heterocycles. The third kappa shape index (κ3) is 6.06. The first-order valence-electron chi connectivity index (χ1n) is 8.52. The van der Waals surface area contributed by atoms with Gasteiger partial charge in [-0.1, -0.05) is 48.9 Å². The molecule has 0 aromatic heterocycles. The molecule has 0 spiro atoms. The monoisotopic (exact) mass is 410 g/mol. The summed E-state index contributed by atoms with van der Waals surface area (Å²) in [5.41, 5.74) is 8.55. The van der Waals surface area contributed by atoms with Gasteiger partial charge in [0.05, 0.1) is 10.9 Å². The van der Waals surface area contributed by atoms with Crippen molar-refractivity contribution in [2.24, 2.45) is 11.7 Å². The topological polar surface area (TPSA) is 89.3 Å². The summed E-state index contributed by atoms with van der Waals surface area (Å²) in [5.74, 6) is -0.531. The van der Waals surface area contributed by atoms with Gasteiger partial charge in [-0.05, 0) is 37.1 Å². The highest BCUT2D eigenvalue weighted by Crippen LogP contribution is 2.25. The number of nitrogens with two attached hydrogens (primary N) is 1. The van der Waals surface area contributed by atoms with Crippen molar-refractivity contribution in [1.82, 2.24) is 5.32 Å². The minimum atomic E-state index is -3.34. The van der Waals surface area contributed by atoms with Crippen LogP contribution in [0.3, 0.4) is 0 Å². The molecule has 3 atom stereocenters. The van der Waals surface area contributed by atoms with Crippen LogP contribution in [0.15, 0.2) is 53.4 Å². The van der Waals surface area contributed by atoms with Crippen LogP contribution in [-0.2, 0) is 14.6 Å². The summed E-state index contributed by atoms with van der Waals surface area (Å²) in [6, 6.07) is 13.7. The molecule has 3 N–H and O–H groups in total. The predicted octanol–water partition coefficient (Wildman–Crippen LogP) is 3.01. The van der Waals surface area contributed by atoms with E-state index in [1.807, 2.05) is 37.3 Å². The van der Waals surface area contributed by atoms with Crippen molar-refractivity contribution in [3.8, 4) is 0 Å². The molecule has 2 aromatic carbocycles. The third-order valence-corrected chi connectivity index (χ3v) is 5.63. The first-order valence-corrected chi connectivity index (χ1v) is 10.4. The Hall–Kier alpha value is -1.89. The Kier molecular flexibility index (Phi) is 8.02. The van der Waals surface area contributed by atoms with Gasteiger partial charge in [0, 0.05) is 18.2 Å². The van der Waals surface area contributed by atoms with Gasteiger partial charge in [-0.25, -0.2) is 8.42 Å². The Balaban J connectivity index is 0.00000364. The predicted molar refractivity (Wildman–Crippen MR) is 111 cm³/mol. The van der Waals surface area contributed by atoms with Gasteiger partial charge in [0.15, 0.2) is 9.84 Å². The lowest BCUT2D eigenvalue weighted by Crippen LogP contribution is -2.40. The number of halogens is 1. The number of amides is 1.